The monoisotopic (exact) mass is 415 g/mol. The second-order valence-corrected chi connectivity index (χ2v) is 8.97. The fourth-order valence-corrected chi connectivity index (χ4v) is 4.72. The highest BCUT2D eigenvalue weighted by Gasteiger charge is 2.27. The molecule has 1 aromatic rings. The van der Waals surface area contributed by atoms with Gasteiger partial charge in [-0.05, 0) is 58.3 Å². The number of piperazine rings is 1. The first-order valence-electron chi connectivity index (χ1n) is 11.1. The lowest BCUT2D eigenvalue weighted by atomic mass is 10.0. The number of likely N-dealkylation sites (tertiary alicyclic amines) is 1. The van der Waals surface area contributed by atoms with E-state index >= 15 is 0 Å². The van der Waals surface area contributed by atoms with E-state index in [2.05, 4.69) is 32.4 Å². The van der Waals surface area contributed by atoms with Gasteiger partial charge >= 0.3 is 0 Å². The smallest absolute Gasteiger partial charge is 0.243 e. The molecule has 2 saturated heterocycles. The van der Waals surface area contributed by atoms with Gasteiger partial charge in [0.15, 0.2) is 0 Å². The average Bonchev–Trinajstić information content (AvgIpc) is 2.70. The van der Waals surface area contributed by atoms with Gasteiger partial charge in [-0.2, -0.15) is 0 Å². The molecule has 1 atom stereocenters. The Kier molecular flexibility index (Phi) is 7.86. The van der Waals surface area contributed by atoms with Crippen LogP contribution in [0.5, 0.6) is 0 Å². The molecule has 7 heteroatoms. The molecule has 0 radical (unpaired) electrons. The third-order valence-electron chi connectivity index (χ3n) is 6.28. The van der Waals surface area contributed by atoms with Crippen LogP contribution in [0, 0.1) is 20.8 Å². The van der Waals surface area contributed by atoms with Crippen LogP contribution in [0.25, 0.3) is 0 Å². The van der Waals surface area contributed by atoms with Gasteiger partial charge in [-0.3, -0.25) is 19.4 Å². The summed E-state index contributed by atoms with van der Waals surface area (Å²) >= 11 is 0. The Balaban J connectivity index is 1.37. The maximum atomic E-state index is 12.3. The Labute approximate surface area is 180 Å². The van der Waals surface area contributed by atoms with E-state index in [0.29, 0.717) is 12.6 Å². The average molecular weight is 416 g/mol. The van der Waals surface area contributed by atoms with Gasteiger partial charge in [0.1, 0.15) is 0 Å². The number of benzene rings is 1. The number of amides is 2. The molecule has 1 unspecified atom stereocenters. The van der Waals surface area contributed by atoms with Crippen molar-refractivity contribution in [2.24, 2.45) is 0 Å². The lowest BCUT2D eigenvalue weighted by molar-refractivity contribution is -0.125. The summed E-state index contributed by atoms with van der Waals surface area (Å²) in [7, 11) is 2.20. The van der Waals surface area contributed by atoms with E-state index in [1.165, 1.54) is 24.9 Å². The van der Waals surface area contributed by atoms with E-state index in [9.17, 15) is 9.59 Å². The molecular formula is C23H37N5O2. The van der Waals surface area contributed by atoms with E-state index in [4.69, 9.17) is 0 Å². The lowest BCUT2D eigenvalue weighted by Gasteiger charge is -2.42. The molecule has 0 aliphatic carbocycles. The van der Waals surface area contributed by atoms with E-state index < -0.39 is 0 Å². The van der Waals surface area contributed by atoms with Crippen LogP contribution in [0.2, 0.25) is 0 Å². The molecule has 2 amide bonds. The van der Waals surface area contributed by atoms with Crippen LogP contribution >= 0.6 is 0 Å². The molecule has 2 aliphatic heterocycles. The van der Waals surface area contributed by atoms with E-state index in [-0.39, 0.29) is 18.4 Å². The van der Waals surface area contributed by atoms with Crippen LogP contribution in [-0.4, -0.2) is 92.0 Å². The third kappa shape index (κ3) is 6.27. The van der Waals surface area contributed by atoms with Gasteiger partial charge < -0.3 is 15.5 Å². The molecule has 0 saturated carbocycles. The summed E-state index contributed by atoms with van der Waals surface area (Å²) in [5.74, 6) is -0.280. The Bertz CT molecular complexity index is 735. The van der Waals surface area contributed by atoms with Crippen molar-refractivity contribution >= 4 is 17.5 Å². The van der Waals surface area contributed by atoms with Gasteiger partial charge in [0.2, 0.25) is 11.8 Å². The van der Waals surface area contributed by atoms with Crippen molar-refractivity contribution in [3.63, 3.8) is 0 Å². The number of anilines is 1. The first kappa shape index (κ1) is 22.7. The number of rotatable bonds is 6. The molecule has 2 N–H and O–H groups in total. The highest BCUT2D eigenvalue weighted by molar-refractivity contribution is 5.96. The molecule has 0 bridgehead atoms. The van der Waals surface area contributed by atoms with Gasteiger partial charge in [-0.1, -0.05) is 17.7 Å². The number of piperidine rings is 1. The molecule has 1 aromatic carbocycles. The number of carbonyl (C=O) groups excluding carboxylic acids is 2. The summed E-state index contributed by atoms with van der Waals surface area (Å²) in [5.41, 5.74) is 4.08. The van der Waals surface area contributed by atoms with Crippen LogP contribution in [0.15, 0.2) is 12.1 Å². The summed E-state index contributed by atoms with van der Waals surface area (Å²) in [4.78, 5) is 31.8. The van der Waals surface area contributed by atoms with Gasteiger partial charge in [-0.15, -0.1) is 0 Å². The Morgan fingerprint density at radius 2 is 1.67 bits per heavy atom. The molecule has 2 aliphatic rings. The van der Waals surface area contributed by atoms with Gasteiger partial charge in [0, 0.05) is 44.5 Å². The molecule has 0 spiro atoms. The summed E-state index contributed by atoms with van der Waals surface area (Å²) in [5, 5.41) is 5.70. The number of hydrogen-bond acceptors (Lipinski definition) is 5. The molecule has 2 heterocycles. The minimum absolute atomic E-state index is 0.0000362. The summed E-state index contributed by atoms with van der Waals surface area (Å²) in [6.45, 7) is 12.5. The van der Waals surface area contributed by atoms with Crippen molar-refractivity contribution in [2.75, 3.05) is 64.7 Å². The first-order valence-corrected chi connectivity index (χ1v) is 11.1. The van der Waals surface area contributed by atoms with Crippen molar-refractivity contribution in [1.29, 1.82) is 0 Å². The van der Waals surface area contributed by atoms with Crippen molar-refractivity contribution in [1.82, 2.24) is 20.0 Å². The second kappa shape index (κ2) is 10.4. The van der Waals surface area contributed by atoms with E-state index in [1.807, 2.05) is 32.9 Å². The maximum absolute atomic E-state index is 12.3. The quantitative estimate of drug-likeness (QED) is 0.735. The first-order chi connectivity index (χ1) is 14.3. The molecule has 0 aromatic heterocycles. The maximum Gasteiger partial charge on any atom is 0.243 e. The van der Waals surface area contributed by atoms with E-state index in [1.54, 1.807) is 0 Å². The topological polar surface area (TPSA) is 67.9 Å². The number of aryl methyl sites for hydroxylation is 3. The second-order valence-electron chi connectivity index (χ2n) is 8.97. The molecule has 2 fully saturated rings. The number of likely N-dealkylation sites (N-methyl/N-ethyl adjacent to an activating group) is 1. The number of nitrogens with one attached hydrogen (secondary N) is 2. The molecule has 30 heavy (non-hydrogen) atoms. The minimum atomic E-state index is -0.190. The molecule has 7 nitrogen and oxygen atoms in total. The van der Waals surface area contributed by atoms with Crippen LogP contribution in [0.3, 0.4) is 0 Å². The van der Waals surface area contributed by atoms with Gasteiger partial charge in [0.05, 0.1) is 13.1 Å². The van der Waals surface area contributed by atoms with Crippen molar-refractivity contribution in [2.45, 2.75) is 39.7 Å². The molecular weight excluding hydrogens is 378 g/mol. The largest absolute Gasteiger partial charge is 0.346 e. The normalized spacial score (nSPS) is 21.4. The predicted molar refractivity (Wildman–Crippen MR) is 121 cm³/mol. The third-order valence-corrected chi connectivity index (χ3v) is 6.28. The van der Waals surface area contributed by atoms with Crippen molar-refractivity contribution in [3.8, 4) is 0 Å². The minimum Gasteiger partial charge on any atom is -0.346 e. The SMILES string of the molecule is Cc1cc(C)c(NC(=O)CNC(=O)CN2CCN(C3CCCN(C)C3)CC2)c(C)c1. The van der Waals surface area contributed by atoms with Crippen LogP contribution < -0.4 is 10.6 Å². The molecule has 166 valence electrons. The van der Waals surface area contributed by atoms with Crippen LogP contribution in [0.4, 0.5) is 5.69 Å². The zero-order valence-electron chi connectivity index (χ0n) is 19.0. The lowest BCUT2D eigenvalue weighted by Crippen LogP contribution is -2.55. The van der Waals surface area contributed by atoms with Gasteiger partial charge in [0.25, 0.3) is 0 Å². The standard InChI is InChI=1S/C23H37N5O2/c1-17-12-18(2)23(19(3)13-17)25-21(29)14-24-22(30)16-27-8-10-28(11-9-27)20-6-5-7-26(4)15-20/h12-13,20H,5-11,14-16H2,1-4H3,(H,24,30)(H,25,29). The highest BCUT2D eigenvalue weighted by atomic mass is 16.2. The highest BCUT2D eigenvalue weighted by Crippen LogP contribution is 2.21. The van der Waals surface area contributed by atoms with Crippen LogP contribution in [-0.2, 0) is 9.59 Å². The predicted octanol–water partition coefficient (Wildman–Crippen LogP) is 1.38. The van der Waals surface area contributed by atoms with Crippen LogP contribution in [0.1, 0.15) is 29.5 Å². The fourth-order valence-electron chi connectivity index (χ4n) is 4.72. The van der Waals surface area contributed by atoms with Crippen molar-refractivity contribution in [3.05, 3.63) is 28.8 Å². The Morgan fingerprint density at radius 3 is 2.30 bits per heavy atom. The fraction of sp³-hybridized carbons (Fsp3) is 0.652. The van der Waals surface area contributed by atoms with E-state index in [0.717, 1.165) is 49.5 Å². The molecule has 3 rings (SSSR count). The van der Waals surface area contributed by atoms with Gasteiger partial charge in [-0.25, -0.2) is 0 Å². The zero-order valence-corrected chi connectivity index (χ0v) is 19.0. The number of hydrogen-bond donors (Lipinski definition) is 2. The Morgan fingerprint density at radius 1 is 1.00 bits per heavy atom. The summed E-state index contributed by atoms with van der Waals surface area (Å²) < 4.78 is 0. The number of nitrogens with zero attached hydrogens (tertiary/aromatic N) is 3. The summed E-state index contributed by atoms with van der Waals surface area (Å²) in [6.07, 6.45) is 2.55. The van der Waals surface area contributed by atoms with Crippen molar-refractivity contribution < 1.29 is 9.59 Å². The Hall–Kier alpha value is -1.96. The summed E-state index contributed by atoms with van der Waals surface area (Å²) in [6, 6.07) is 4.75. The zero-order chi connectivity index (χ0) is 21.7. The number of carbonyl (C=O) groups is 2.